The molecular weight excluding hydrogens is 488 g/mol. The zero-order chi connectivity index (χ0) is 25.9. The van der Waals surface area contributed by atoms with Crippen LogP contribution in [-0.2, 0) is 13.1 Å². The molecule has 4 aromatic rings. The van der Waals surface area contributed by atoms with Gasteiger partial charge in [-0.05, 0) is 56.7 Å². The molecule has 0 saturated heterocycles. The molecule has 0 unspecified atom stereocenters. The molecule has 2 aromatic carbocycles. The van der Waals surface area contributed by atoms with Gasteiger partial charge in [-0.2, -0.15) is 0 Å². The number of nitrogens with zero attached hydrogens (tertiary/aromatic N) is 3. The van der Waals surface area contributed by atoms with Gasteiger partial charge >= 0.3 is 5.69 Å². The van der Waals surface area contributed by atoms with Gasteiger partial charge in [0.05, 0.1) is 33.9 Å². The fourth-order valence-corrected chi connectivity index (χ4v) is 5.37. The van der Waals surface area contributed by atoms with Crippen molar-refractivity contribution in [1.82, 2.24) is 19.4 Å². The Morgan fingerprint density at radius 3 is 2.32 bits per heavy atom. The first-order valence-electron chi connectivity index (χ1n) is 12.6. The van der Waals surface area contributed by atoms with Crippen LogP contribution in [0.2, 0.25) is 5.02 Å². The second-order valence-electron chi connectivity index (χ2n) is 9.73. The summed E-state index contributed by atoms with van der Waals surface area (Å²) in [6.07, 6.45) is 5.00. The summed E-state index contributed by atoms with van der Waals surface area (Å²) >= 11 is 6.02. The summed E-state index contributed by atoms with van der Waals surface area (Å²) in [4.78, 5) is 43.2. The molecule has 8 heteroatoms. The Morgan fingerprint density at radius 1 is 0.973 bits per heavy atom. The van der Waals surface area contributed by atoms with Crippen molar-refractivity contribution in [2.75, 3.05) is 0 Å². The van der Waals surface area contributed by atoms with Crippen molar-refractivity contribution >= 4 is 34.3 Å². The van der Waals surface area contributed by atoms with Crippen LogP contribution in [0.15, 0.2) is 71.7 Å². The van der Waals surface area contributed by atoms with Crippen LogP contribution in [0, 0.1) is 12.8 Å². The van der Waals surface area contributed by atoms with Gasteiger partial charge in [0.1, 0.15) is 0 Å². The van der Waals surface area contributed by atoms with Gasteiger partial charge in [-0.3, -0.25) is 23.7 Å². The minimum atomic E-state index is -0.162. The van der Waals surface area contributed by atoms with Crippen LogP contribution < -0.4 is 11.0 Å². The third-order valence-corrected chi connectivity index (χ3v) is 7.45. The number of amides is 1. The molecule has 37 heavy (non-hydrogen) atoms. The second-order valence-corrected chi connectivity index (χ2v) is 10.2. The van der Waals surface area contributed by atoms with E-state index < -0.39 is 0 Å². The van der Waals surface area contributed by atoms with Crippen LogP contribution in [0.3, 0.4) is 0 Å². The number of para-hydroxylation sites is 2. The maximum absolute atomic E-state index is 13.5. The van der Waals surface area contributed by atoms with Gasteiger partial charge in [0.25, 0.3) is 5.91 Å². The number of halogens is 1. The van der Waals surface area contributed by atoms with Crippen LogP contribution in [0.25, 0.3) is 11.0 Å². The normalized spacial score (nSPS) is 17.6. The first-order valence-corrected chi connectivity index (χ1v) is 13.0. The molecular formula is C29H29ClN4O3. The van der Waals surface area contributed by atoms with Gasteiger partial charge in [0.2, 0.25) is 0 Å². The van der Waals surface area contributed by atoms with E-state index in [9.17, 15) is 14.4 Å². The summed E-state index contributed by atoms with van der Waals surface area (Å²) in [7, 11) is 0. The largest absolute Gasteiger partial charge is 0.349 e. The maximum atomic E-state index is 13.5. The van der Waals surface area contributed by atoms with E-state index >= 15 is 0 Å². The molecule has 0 spiro atoms. The standard InChI is InChI=1S/C29H29ClN4O3/c1-19-24(15-22(30)16-31-19)28(36)32-23-13-11-20(12-14-23)17-33-25-9-5-6-10-26(25)34(29(33)37)18-27(35)21-7-3-2-4-8-21/h2-10,15-16,20,23H,11-14,17-18H2,1H3,(H,32,36)/t20-,23-. The molecule has 7 nitrogen and oxygen atoms in total. The number of Topliss-reactive ketones (excluding diaryl/α,β-unsaturated/α-hetero) is 1. The maximum Gasteiger partial charge on any atom is 0.329 e. The minimum absolute atomic E-state index is 0.00685. The fraction of sp³-hybridized carbons (Fsp3) is 0.310. The Morgan fingerprint density at radius 2 is 1.62 bits per heavy atom. The van der Waals surface area contributed by atoms with Gasteiger partial charge in [0.15, 0.2) is 5.78 Å². The third-order valence-electron chi connectivity index (χ3n) is 7.24. The topological polar surface area (TPSA) is 86.0 Å². The zero-order valence-electron chi connectivity index (χ0n) is 20.7. The number of carbonyl (C=O) groups is 2. The minimum Gasteiger partial charge on any atom is -0.349 e. The number of rotatable bonds is 7. The molecule has 1 aliphatic carbocycles. The van der Waals surface area contributed by atoms with Crippen LogP contribution >= 0.6 is 11.6 Å². The van der Waals surface area contributed by atoms with E-state index in [-0.39, 0.29) is 30.0 Å². The highest BCUT2D eigenvalue weighted by Crippen LogP contribution is 2.27. The van der Waals surface area contributed by atoms with Gasteiger partial charge in [-0.15, -0.1) is 0 Å². The lowest BCUT2D eigenvalue weighted by atomic mass is 9.85. The summed E-state index contributed by atoms with van der Waals surface area (Å²) < 4.78 is 3.38. The van der Waals surface area contributed by atoms with Crippen LogP contribution in [0.4, 0.5) is 0 Å². The van der Waals surface area contributed by atoms with Crippen molar-refractivity contribution < 1.29 is 9.59 Å². The molecule has 1 aliphatic rings. The number of carbonyl (C=O) groups excluding carboxylic acids is 2. The van der Waals surface area contributed by atoms with Crippen molar-refractivity contribution in [2.24, 2.45) is 5.92 Å². The average Bonchev–Trinajstić information content (AvgIpc) is 3.17. The van der Waals surface area contributed by atoms with E-state index in [0.717, 1.165) is 36.7 Å². The average molecular weight is 517 g/mol. The van der Waals surface area contributed by atoms with Crippen molar-refractivity contribution in [3.05, 3.63) is 99.2 Å². The molecule has 1 saturated carbocycles. The predicted molar refractivity (Wildman–Crippen MR) is 144 cm³/mol. The molecule has 1 fully saturated rings. The number of benzene rings is 2. The first kappa shape index (κ1) is 25.0. The molecule has 0 atom stereocenters. The molecule has 0 bridgehead atoms. The number of aromatic nitrogens is 3. The van der Waals surface area contributed by atoms with Crippen LogP contribution in [0.5, 0.6) is 0 Å². The monoisotopic (exact) mass is 516 g/mol. The van der Waals surface area contributed by atoms with E-state index in [0.29, 0.717) is 34.3 Å². The lowest BCUT2D eigenvalue weighted by molar-refractivity contribution is 0.0917. The first-order chi connectivity index (χ1) is 17.9. The van der Waals surface area contributed by atoms with Crippen molar-refractivity contribution in [2.45, 2.75) is 51.7 Å². The van der Waals surface area contributed by atoms with E-state index in [1.165, 1.54) is 6.20 Å². The molecule has 1 amide bonds. The summed E-state index contributed by atoms with van der Waals surface area (Å²) in [5.41, 5.74) is 3.19. The highest BCUT2D eigenvalue weighted by molar-refractivity contribution is 6.30. The Kier molecular flexibility index (Phi) is 7.24. The number of hydrogen-bond donors (Lipinski definition) is 1. The molecule has 0 aliphatic heterocycles. The van der Waals surface area contributed by atoms with Crippen LogP contribution in [-0.4, -0.2) is 31.9 Å². The van der Waals surface area contributed by atoms with Crippen LogP contribution in [0.1, 0.15) is 52.1 Å². The number of imidazole rings is 1. The van der Waals surface area contributed by atoms with E-state index in [2.05, 4.69) is 10.3 Å². The summed E-state index contributed by atoms with van der Waals surface area (Å²) in [5, 5.41) is 3.56. The number of ketones is 1. The SMILES string of the molecule is Cc1ncc(Cl)cc1C(=O)N[C@H]1CC[C@H](Cn2c(=O)n(CC(=O)c3ccccc3)c3ccccc32)CC1. The number of fused-ring (bicyclic) bond motifs is 1. The second kappa shape index (κ2) is 10.7. The Labute approximate surface area is 220 Å². The highest BCUT2D eigenvalue weighted by Gasteiger charge is 2.26. The number of hydrogen-bond acceptors (Lipinski definition) is 4. The highest BCUT2D eigenvalue weighted by atomic mass is 35.5. The number of pyridine rings is 1. The van der Waals surface area contributed by atoms with Gasteiger partial charge in [-0.25, -0.2) is 4.79 Å². The lowest BCUT2D eigenvalue weighted by Gasteiger charge is -2.29. The van der Waals surface area contributed by atoms with Gasteiger partial charge < -0.3 is 5.32 Å². The van der Waals surface area contributed by atoms with Crippen molar-refractivity contribution in [1.29, 1.82) is 0 Å². The van der Waals surface area contributed by atoms with Gasteiger partial charge in [-0.1, -0.05) is 54.1 Å². The fourth-order valence-electron chi connectivity index (χ4n) is 5.21. The van der Waals surface area contributed by atoms with E-state index in [1.54, 1.807) is 34.3 Å². The van der Waals surface area contributed by atoms with Gasteiger partial charge in [0, 0.05) is 24.3 Å². The molecule has 190 valence electrons. The summed E-state index contributed by atoms with van der Waals surface area (Å²) in [6.45, 7) is 2.39. The quantitative estimate of drug-likeness (QED) is 0.349. The summed E-state index contributed by atoms with van der Waals surface area (Å²) in [6, 6.07) is 18.4. The number of nitrogens with one attached hydrogen (secondary N) is 1. The molecule has 1 N–H and O–H groups in total. The van der Waals surface area contributed by atoms with Crippen molar-refractivity contribution in [3.8, 4) is 0 Å². The summed E-state index contributed by atoms with van der Waals surface area (Å²) in [5.74, 6) is 0.0646. The predicted octanol–water partition coefficient (Wildman–Crippen LogP) is 5.03. The molecule has 5 rings (SSSR count). The Balaban J connectivity index is 1.27. The Hall–Kier alpha value is -3.71. The van der Waals surface area contributed by atoms with Crippen molar-refractivity contribution in [3.63, 3.8) is 0 Å². The third kappa shape index (κ3) is 5.37. The Bertz CT molecular complexity index is 1500. The molecule has 2 aromatic heterocycles. The molecule has 0 radical (unpaired) electrons. The smallest absolute Gasteiger partial charge is 0.329 e. The zero-order valence-corrected chi connectivity index (χ0v) is 21.4. The lowest BCUT2D eigenvalue weighted by Crippen LogP contribution is -2.39. The van der Waals surface area contributed by atoms with E-state index in [4.69, 9.17) is 11.6 Å². The molecule has 2 heterocycles. The van der Waals surface area contributed by atoms with E-state index in [1.807, 2.05) is 42.5 Å². The number of aryl methyl sites for hydroxylation is 1.